The summed E-state index contributed by atoms with van der Waals surface area (Å²) in [4.78, 5) is 25.5. The molecule has 2 heterocycles. The number of methoxy groups -OCH3 is 1. The molecule has 1 fully saturated rings. The van der Waals surface area contributed by atoms with Gasteiger partial charge in [0.1, 0.15) is 11.6 Å². The Morgan fingerprint density at radius 3 is 2.67 bits per heavy atom. The Balaban J connectivity index is 1.98. The number of nitriles is 1. The third kappa shape index (κ3) is 5.26. The van der Waals surface area contributed by atoms with Gasteiger partial charge in [-0.05, 0) is 17.7 Å². The molecule has 1 aromatic heterocycles. The monoisotopic (exact) mass is 427 g/mol. The predicted octanol–water partition coefficient (Wildman–Crippen LogP) is 2.99. The molecule has 0 spiro atoms. The molecule has 8 heteroatoms. The van der Waals surface area contributed by atoms with Crippen molar-refractivity contribution in [2.45, 2.75) is 32.8 Å². The van der Waals surface area contributed by atoms with E-state index in [4.69, 9.17) is 26.6 Å². The van der Waals surface area contributed by atoms with Gasteiger partial charge < -0.3 is 14.5 Å². The van der Waals surface area contributed by atoms with E-state index >= 15 is 0 Å². The molecule has 7 nitrogen and oxygen atoms in total. The predicted molar refractivity (Wildman–Crippen MR) is 115 cm³/mol. The van der Waals surface area contributed by atoms with Crippen LogP contribution in [0, 0.1) is 11.3 Å². The van der Waals surface area contributed by atoms with Crippen LogP contribution < -0.4 is 4.90 Å². The molecule has 2 aromatic rings. The zero-order valence-electron chi connectivity index (χ0n) is 17.4. The Hall–Kier alpha value is -2.69. The zero-order valence-corrected chi connectivity index (χ0v) is 18.2. The molecule has 158 valence electrons. The Morgan fingerprint density at radius 1 is 1.27 bits per heavy atom. The molecular weight excluding hydrogens is 402 g/mol. The minimum atomic E-state index is 0.134. The van der Waals surface area contributed by atoms with Crippen LogP contribution >= 0.6 is 11.6 Å². The van der Waals surface area contributed by atoms with Crippen molar-refractivity contribution in [1.29, 1.82) is 5.26 Å². The number of nitrogens with zero attached hydrogens (tertiary/aromatic N) is 5. The van der Waals surface area contributed by atoms with Crippen LogP contribution in [0.1, 0.15) is 36.0 Å². The van der Waals surface area contributed by atoms with E-state index in [2.05, 4.69) is 16.0 Å². The van der Waals surface area contributed by atoms with Gasteiger partial charge in [-0.25, -0.2) is 9.97 Å². The molecule has 30 heavy (non-hydrogen) atoms. The van der Waals surface area contributed by atoms with E-state index in [1.807, 2.05) is 36.1 Å². The number of hydrogen-bond acceptors (Lipinski definition) is 6. The molecule has 0 saturated carbocycles. The van der Waals surface area contributed by atoms with Gasteiger partial charge in [-0.1, -0.05) is 30.7 Å². The number of carbonyl (C=O) groups excluding carboxylic acids is 1. The molecule has 1 saturated heterocycles. The topological polar surface area (TPSA) is 82.4 Å². The average molecular weight is 428 g/mol. The SMILES string of the molecule is CCC(=O)N1CCN(c2nc(CC#N)nc(COC)c2Cc2cccc(Cl)c2)CC1. The second-order valence-electron chi connectivity index (χ2n) is 7.18. The summed E-state index contributed by atoms with van der Waals surface area (Å²) >= 11 is 6.19. The van der Waals surface area contributed by atoms with Crippen LogP contribution in [-0.2, 0) is 29.0 Å². The number of carbonyl (C=O) groups is 1. The van der Waals surface area contributed by atoms with Crippen molar-refractivity contribution in [1.82, 2.24) is 14.9 Å². The summed E-state index contributed by atoms with van der Waals surface area (Å²) in [6.45, 7) is 4.89. The molecular formula is C22H26ClN5O2. The van der Waals surface area contributed by atoms with Crippen LogP contribution in [0.2, 0.25) is 5.02 Å². The van der Waals surface area contributed by atoms with Crippen LogP contribution in [0.25, 0.3) is 0 Å². The summed E-state index contributed by atoms with van der Waals surface area (Å²) in [5.74, 6) is 1.47. The highest BCUT2D eigenvalue weighted by atomic mass is 35.5. The van der Waals surface area contributed by atoms with Gasteiger partial charge in [-0.15, -0.1) is 0 Å². The van der Waals surface area contributed by atoms with Crippen molar-refractivity contribution in [3.8, 4) is 6.07 Å². The molecule has 1 amide bonds. The number of rotatable bonds is 7. The number of ether oxygens (including phenoxy) is 1. The van der Waals surface area contributed by atoms with E-state index in [1.54, 1.807) is 7.11 Å². The first-order chi connectivity index (χ1) is 14.5. The highest BCUT2D eigenvalue weighted by Gasteiger charge is 2.25. The molecule has 0 aliphatic carbocycles. The fourth-order valence-corrected chi connectivity index (χ4v) is 3.87. The number of benzene rings is 1. The van der Waals surface area contributed by atoms with Crippen LogP contribution in [-0.4, -0.2) is 54.1 Å². The number of hydrogen-bond donors (Lipinski definition) is 0. The second kappa shape index (κ2) is 10.4. The third-order valence-electron chi connectivity index (χ3n) is 5.14. The maximum atomic E-state index is 12.0. The molecule has 0 N–H and O–H groups in total. The van der Waals surface area contributed by atoms with Crippen LogP contribution in [0.4, 0.5) is 5.82 Å². The third-order valence-corrected chi connectivity index (χ3v) is 5.37. The van der Waals surface area contributed by atoms with Crippen LogP contribution in [0.3, 0.4) is 0 Å². The molecule has 0 radical (unpaired) electrons. The minimum absolute atomic E-state index is 0.134. The summed E-state index contributed by atoms with van der Waals surface area (Å²) in [6, 6.07) is 9.86. The van der Waals surface area contributed by atoms with E-state index in [-0.39, 0.29) is 12.3 Å². The van der Waals surface area contributed by atoms with Gasteiger partial charge in [-0.3, -0.25) is 4.79 Å². The van der Waals surface area contributed by atoms with Gasteiger partial charge in [0.05, 0.1) is 24.8 Å². The zero-order chi connectivity index (χ0) is 21.5. The molecule has 0 atom stereocenters. The smallest absolute Gasteiger partial charge is 0.222 e. The van der Waals surface area contributed by atoms with Gasteiger partial charge in [-0.2, -0.15) is 5.26 Å². The van der Waals surface area contributed by atoms with Crippen molar-refractivity contribution >= 4 is 23.3 Å². The number of amides is 1. The first-order valence-electron chi connectivity index (χ1n) is 10.1. The fourth-order valence-electron chi connectivity index (χ4n) is 3.66. The summed E-state index contributed by atoms with van der Waals surface area (Å²) in [5, 5.41) is 9.84. The van der Waals surface area contributed by atoms with Crippen LogP contribution in [0.5, 0.6) is 0 Å². The standard InChI is InChI=1S/C22H26ClN5O2/c1-3-21(29)27-9-11-28(12-10-27)22-18(14-16-5-4-6-17(23)13-16)19(15-30-2)25-20(26-22)7-8-24/h4-6,13H,3,7,9-12,14-15H2,1-2H3. The van der Waals surface area contributed by atoms with E-state index in [1.165, 1.54) is 0 Å². The number of piperazine rings is 1. The fraction of sp³-hybridized carbons (Fsp3) is 0.455. The number of aromatic nitrogens is 2. The van der Waals surface area contributed by atoms with E-state index in [9.17, 15) is 4.79 Å². The van der Waals surface area contributed by atoms with Crippen molar-refractivity contribution in [2.75, 3.05) is 38.2 Å². The molecule has 0 bridgehead atoms. The first kappa shape index (κ1) is 22.0. The van der Waals surface area contributed by atoms with Gasteiger partial charge >= 0.3 is 0 Å². The first-order valence-corrected chi connectivity index (χ1v) is 10.4. The maximum Gasteiger partial charge on any atom is 0.222 e. The molecule has 1 aliphatic rings. The van der Waals surface area contributed by atoms with Crippen molar-refractivity contribution in [2.24, 2.45) is 0 Å². The lowest BCUT2D eigenvalue weighted by Gasteiger charge is -2.36. The van der Waals surface area contributed by atoms with Crippen molar-refractivity contribution < 1.29 is 9.53 Å². The maximum absolute atomic E-state index is 12.0. The van der Waals surface area contributed by atoms with E-state index in [0.717, 1.165) is 22.6 Å². The van der Waals surface area contributed by atoms with E-state index < -0.39 is 0 Å². The minimum Gasteiger partial charge on any atom is -0.378 e. The molecule has 3 rings (SSSR count). The Bertz CT molecular complexity index is 936. The summed E-state index contributed by atoms with van der Waals surface area (Å²) < 4.78 is 5.40. The highest BCUT2D eigenvalue weighted by Crippen LogP contribution is 2.27. The quantitative estimate of drug-likeness (QED) is 0.675. The van der Waals surface area contributed by atoms with Crippen LogP contribution in [0.15, 0.2) is 24.3 Å². The summed E-state index contributed by atoms with van der Waals surface area (Å²) in [6.07, 6.45) is 1.25. The normalized spacial score (nSPS) is 13.9. The molecule has 1 aromatic carbocycles. The Kier molecular flexibility index (Phi) is 7.61. The lowest BCUT2D eigenvalue weighted by atomic mass is 10.0. The lowest BCUT2D eigenvalue weighted by Crippen LogP contribution is -2.49. The second-order valence-corrected chi connectivity index (χ2v) is 7.62. The van der Waals surface area contributed by atoms with Gasteiger partial charge in [0.2, 0.25) is 5.91 Å². The number of anilines is 1. The average Bonchev–Trinajstić information content (AvgIpc) is 2.75. The molecule has 0 unspecified atom stereocenters. The highest BCUT2D eigenvalue weighted by molar-refractivity contribution is 6.30. The molecule has 1 aliphatic heterocycles. The van der Waals surface area contributed by atoms with Crippen molar-refractivity contribution in [3.05, 3.63) is 51.9 Å². The summed E-state index contributed by atoms with van der Waals surface area (Å²) in [7, 11) is 1.63. The van der Waals surface area contributed by atoms with Crippen molar-refractivity contribution in [3.63, 3.8) is 0 Å². The Labute approximate surface area is 182 Å². The number of halogens is 1. The van der Waals surface area contributed by atoms with Gasteiger partial charge in [0, 0.05) is 56.7 Å². The lowest BCUT2D eigenvalue weighted by molar-refractivity contribution is -0.131. The Morgan fingerprint density at radius 2 is 2.03 bits per heavy atom. The van der Waals surface area contributed by atoms with Gasteiger partial charge in [0.25, 0.3) is 0 Å². The van der Waals surface area contributed by atoms with Gasteiger partial charge in [0.15, 0.2) is 0 Å². The van der Waals surface area contributed by atoms with E-state index in [0.29, 0.717) is 56.5 Å². The largest absolute Gasteiger partial charge is 0.378 e. The summed E-state index contributed by atoms with van der Waals surface area (Å²) in [5.41, 5.74) is 2.80.